The first kappa shape index (κ1) is 9.47. The van der Waals surface area contributed by atoms with Gasteiger partial charge in [-0.2, -0.15) is 0 Å². The second-order valence-corrected chi connectivity index (χ2v) is 4.93. The molecule has 2 atom stereocenters. The van der Waals surface area contributed by atoms with Crippen molar-refractivity contribution in [3.63, 3.8) is 0 Å². The van der Waals surface area contributed by atoms with Crippen LogP contribution in [0.5, 0.6) is 0 Å². The third-order valence-electron chi connectivity index (χ3n) is 3.71. The van der Waals surface area contributed by atoms with Crippen LogP contribution in [0, 0.1) is 11.8 Å². The Labute approximate surface area is 81.5 Å². The largest absolute Gasteiger partial charge is 0.328 e. The van der Waals surface area contributed by atoms with E-state index in [0.717, 1.165) is 11.8 Å². The third-order valence-corrected chi connectivity index (χ3v) is 3.71. The second-order valence-electron chi connectivity index (χ2n) is 4.93. The predicted octanol–water partition coefficient (Wildman–Crippen LogP) is 1.46. The standard InChI is InChI=1S/C11H22N2/c1-2-9-6-13(7-9)8-10-3-4-11(12)5-10/h9-11H,2-8,12H2,1H3. The molecule has 2 rings (SSSR count). The van der Waals surface area contributed by atoms with Crippen molar-refractivity contribution in [3.8, 4) is 0 Å². The zero-order valence-corrected chi connectivity index (χ0v) is 8.71. The van der Waals surface area contributed by atoms with E-state index in [1.807, 2.05) is 0 Å². The van der Waals surface area contributed by atoms with Gasteiger partial charge in [-0.15, -0.1) is 0 Å². The van der Waals surface area contributed by atoms with Crippen LogP contribution in [0.15, 0.2) is 0 Å². The van der Waals surface area contributed by atoms with Gasteiger partial charge in [0.25, 0.3) is 0 Å². The van der Waals surface area contributed by atoms with E-state index in [9.17, 15) is 0 Å². The van der Waals surface area contributed by atoms with E-state index >= 15 is 0 Å². The minimum atomic E-state index is 0.508. The molecule has 1 saturated heterocycles. The van der Waals surface area contributed by atoms with E-state index in [1.165, 1.54) is 45.3 Å². The summed E-state index contributed by atoms with van der Waals surface area (Å²) in [6.07, 6.45) is 5.26. The topological polar surface area (TPSA) is 29.3 Å². The van der Waals surface area contributed by atoms with Crippen molar-refractivity contribution in [1.29, 1.82) is 0 Å². The van der Waals surface area contributed by atoms with Crippen molar-refractivity contribution in [2.24, 2.45) is 17.6 Å². The van der Waals surface area contributed by atoms with Gasteiger partial charge in [0.15, 0.2) is 0 Å². The average Bonchev–Trinajstić information content (AvgIpc) is 2.43. The molecule has 2 N–H and O–H groups in total. The molecule has 76 valence electrons. The summed E-state index contributed by atoms with van der Waals surface area (Å²) in [7, 11) is 0. The fourth-order valence-corrected chi connectivity index (χ4v) is 2.73. The van der Waals surface area contributed by atoms with Gasteiger partial charge in [-0.25, -0.2) is 0 Å². The summed E-state index contributed by atoms with van der Waals surface area (Å²) in [5, 5.41) is 0. The molecule has 0 aromatic heterocycles. The number of hydrogen-bond acceptors (Lipinski definition) is 2. The van der Waals surface area contributed by atoms with E-state index in [-0.39, 0.29) is 0 Å². The molecular formula is C11H22N2. The summed E-state index contributed by atoms with van der Waals surface area (Å²) in [6.45, 7) is 6.32. The molecule has 0 spiro atoms. The lowest BCUT2D eigenvalue weighted by Gasteiger charge is -2.40. The van der Waals surface area contributed by atoms with Crippen LogP contribution in [-0.2, 0) is 0 Å². The van der Waals surface area contributed by atoms with E-state index in [0.29, 0.717) is 6.04 Å². The Balaban J connectivity index is 1.64. The van der Waals surface area contributed by atoms with Gasteiger partial charge in [-0.3, -0.25) is 0 Å². The zero-order valence-electron chi connectivity index (χ0n) is 8.71. The Kier molecular flexibility index (Phi) is 2.89. The van der Waals surface area contributed by atoms with Gasteiger partial charge in [0.05, 0.1) is 0 Å². The van der Waals surface area contributed by atoms with E-state index in [1.54, 1.807) is 0 Å². The van der Waals surface area contributed by atoms with Crippen LogP contribution in [0.2, 0.25) is 0 Å². The molecule has 2 fully saturated rings. The first-order valence-corrected chi connectivity index (χ1v) is 5.76. The van der Waals surface area contributed by atoms with Crippen molar-refractivity contribution in [2.75, 3.05) is 19.6 Å². The van der Waals surface area contributed by atoms with Gasteiger partial charge in [0.2, 0.25) is 0 Å². The molecule has 0 bridgehead atoms. The van der Waals surface area contributed by atoms with Crippen LogP contribution < -0.4 is 5.73 Å². The highest BCUT2D eigenvalue weighted by atomic mass is 15.2. The van der Waals surface area contributed by atoms with Crippen LogP contribution in [-0.4, -0.2) is 30.6 Å². The van der Waals surface area contributed by atoms with Gasteiger partial charge in [-0.1, -0.05) is 13.3 Å². The third kappa shape index (κ3) is 2.23. The Hall–Kier alpha value is -0.0800. The smallest absolute Gasteiger partial charge is 0.00420 e. The quantitative estimate of drug-likeness (QED) is 0.716. The number of likely N-dealkylation sites (tertiary alicyclic amines) is 1. The molecule has 0 aromatic carbocycles. The molecule has 0 aromatic rings. The Bertz CT molecular complexity index is 163. The van der Waals surface area contributed by atoms with Gasteiger partial charge in [0, 0.05) is 25.7 Å². The number of nitrogens with two attached hydrogens (primary N) is 1. The summed E-state index contributed by atoms with van der Waals surface area (Å²) in [5.41, 5.74) is 5.90. The lowest BCUT2D eigenvalue weighted by molar-refractivity contribution is 0.0798. The molecular weight excluding hydrogens is 160 g/mol. The normalized spacial score (nSPS) is 36.5. The van der Waals surface area contributed by atoms with Crippen molar-refractivity contribution in [1.82, 2.24) is 4.90 Å². The molecule has 1 heterocycles. The summed E-state index contributed by atoms with van der Waals surface area (Å²) in [5.74, 6) is 1.91. The maximum absolute atomic E-state index is 5.90. The highest BCUT2D eigenvalue weighted by Crippen LogP contribution is 2.28. The van der Waals surface area contributed by atoms with Gasteiger partial charge >= 0.3 is 0 Å². The predicted molar refractivity (Wildman–Crippen MR) is 55.5 cm³/mol. The van der Waals surface area contributed by atoms with Crippen molar-refractivity contribution in [3.05, 3.63) is 0 Å². The Morgan fingerprint density at radius 1 is 1.23 bits per heavy atom. The second kappa shape index (κ2) is 3.97. The maximum atomic E-state index is 5.90. The molecule has 1 aliphatic carbocycles. The van der Waals surface area contributed by atoms with Crippen LogP contribution >= 0.6 is 0 Å². The summed E-state index contributed by atoms with van der Waals surface area (Å²) in [4.78, 5) is 2.61. The van der Waals surface area contributed by atoms with Crippen molar-refractivity contribution < 1.29 is 0 Å². The van der Waals surface area contributed by atoms with Crippen LogP contribution in [0.4, 0.5) is 0 Å². The molecule has 0 radical (unpaired) electrons. The van der Waals surface area contributed by atoms with Gasteiger partial charge < -0.3 is 10.6 Å². The Morgan fingerprint density at radius 2 is 2.00 bits per heavy atom. The van der Waals surface area contributed by atoms with Crippen LogP contribution in [0.3, 0.4) is 0 Å². The molecule has 2 heteroatoms. The summed E-state index contributed by atoms with van der Waals surface area (Å²) < 4.78 is 0. The highest BCUT2D eigenvalue weighted by Gasteiger charge is 2.29. The van der Waals surface area contributed by atoms with Crippen molar-refractivity contribution >= 4 is 0 Å². The molecule has 2 nitrogen and oxygen atoms in total. The van der Waals surface area contributed by atoms with E-state index in [2.05, 4.69) is 11.8 Å². The first-order valence-electron chi connectivity index (χ1n) is 5.76. The lowest BCUT2D eigenvalue weighted by Crippen LogP contribution is -2.48. The maximum Gasteiger partial charge on any atom is 0.00420 e. The molecule has 13 heavy (non-hydrogen) atoms. The highest BCUT2D eigenvalue weighted by molar-refractivity contribution is 4.85. The summed E-state index contributed by atoms with van der Waals surface area (Å²) >= 11 is 0. The minimum Gasteiger partial charge on any atom is -0.328 e. The fraction of sp³-hybridized carbons (Fsp3) is 1.00. The Morgan fingerprint density at radius 3 is 2.54 bits per heavy atom. The monoisotopic (exact) mass is 182 g/mol. The average molecular weight is 182 g/mol. The first-order chi connectivity index (χ1) is 6.28. The number of hydrogen-bond donors (Lipinski definition) is 1. The molecule has 0 amide bonds. The van der Waals surface area contributed by atoms with Gasteiger partial charge in [0.1, 0.15) is 0 Å². The molecule has 2 aliphatic rings. The van der Waals surface area contributed by atoms with E-state index < -0.39 is 0 Å². The van der Waals surface area contributed by atoms with Crippen molar-refractivity contribution in [2.45, 2.75) is 38.6 Å². The molecule has 2 unspecified atom stereocenters. The molecule has 1 aliphatic heterocycles. The molecule has 1 saturated carbocycles. The van der Waals surface area contributed by atoms with Crippen LogP contribution in [0.1, 0.15) is 32.6 Å². The number of nitrogens with zero attached hydrogens (tertiary/aromatic N) is 1. The zero-order chi connectivity index (χ0) is 9.26. The van der Waals surface area contributed by atoms with E-state index in [4.69, 9.17) is 5.73 Å². The van der Waals surface area contributed by atoms with Crippen LogP contribution in [0.25, 0.3) is 0 Å². The SMILES string of the molecule is CCC1CN(CC2CCC(N)C2)C1. The lowest BCUT2D eigenvalue weighted by atomic mass is 9.95. The van der Waals surface area contributed by atoms with Gasteiger partial charge in [-0.05, 0) is 31.1 Å². The minimum absolute atomic E-state index is 0.508. The fourth-order valence-electron chi connectivity index (χ4n) is 2.73. The summed E-state index contributed by atoms with van der Waals surface area (Å²) in [6, 6.07) is 0.508. The number of rotatable bonds is 3.